The summed E-state index contributed by atoms with van der Waals surface area (Å²) in [5.41, 5.74) is 0. The van der Waals surface area contributed by atoms with Crippen molar-refractivity contribution in [3.63, 3.8) is 0 Å². The lowest BCUT2D eigenvalue weighted by atomic mass is 10.2. The number of nitrogens with one attached hydrogen (secondary N) is 1. The Balaban J connectivity index is 2.03. The molecule has 0 aromatic carbocycles. The molecule has 0 atom stereocenters. The molecule has 1 aliphatic heterocycles. The van der Waals surface area contributed by atoms with E-state index in [4.69, 9.17) is 9.84 Å². The molecular formula is C12H22N2O4. The quantitative estimate of drug-likeness (QED) is 0.698. The fourth-order valence-electron chi connectivity index (χ4n) is 1.83. The number of urea groups is 1. The Morgan fingerprint density at radius 1 is 1.17 bits per heavy atom. The van der Waals surface area contributed by atoms with Crippen LogP contribution in [0.4, 0.5) is 4.79 Å². The van der Waals surface area contributed by atoms with Gasteiger partial charge >= 0.3 is 12.0 Å². The first-order valence-corrected chi connectivity index (χ1v) is 6.52. The van der Waals surface area contributed by atoms with Gasteiger partial charge in [-0.1, -0.05) is 6.42 Å². The highest BCUT2D eigenvalue weighted by Crippen LogP contribution is 2.01. The van der Waals surface area contributed by atoms with Gasteiger partial charge in [-0.25, -0.2) is 4.79 Å². The zero-order valence-corrected chi connectivity index (χ0v) is 10.7. The van der Waals surface area contributed by atoms with Gasteiger partial charge < -0.3 is 20.1 Å². The second-order valence-electron chi connectivity index (χ2n) is 4.39. The van der Waals surface area contributed by atoms with Crippen molar-refractivity contribution in [2.24, 2.45) is 0 Å². The van der Waals surface area contributed by atoms with Gasteiger partial charge in [-0.2, -0.15) is 0 Å². The van der Waals surface area contributed by atoms with Gasteiger partial charge in [0.05, 0.1) is 6.61 Å². The van der Waals surface area contributed by atoms with Gasteiger partial charge in [-0.15, -0.1) is 0 Å². The van der Waals surface area contributed by atoms with E-state index in [1.54, 1.807) is 4.90 Å². The highest BCUT2D eigenvalue weighted by Gasteiger charge is 2.14. The Morgan fingerprint density at radius 2 is 2.00 bits per heavy atom. The first-order chi connectivity index (χ1) is 8.70. The molecule has 0 unspecified atom stereocenters. The predicted octanol–water partition coefficient (Wildman–Crippen LogP) is 1.06. The van der Waals surface area contributed by atoms with E-state index in [9.17, 15) is 9.59 Å². The van der Waals surface area contributed by atoms with Gasteiger partial charge in [-0.05, 0) is 19.3 Å². The number of hydrogen-bond donors (Lipinski definition) is 2. The molecule has 104 valence electrons. The van der Waals surface area contributed by atoms with Crippen molar-refractivity contribution < 1.29 is 19.4 Å². The van der Waals surface area contributed by atoms with Crippen LogP contribution in [0.25, 0.3) is 0 Å². The summed E-state index contributed by atoms with van der Waals surface area (Å²) in [5, 5.41) is 11.3. The number of carboxylic acid groups (broad SMARTS) is 1. The van der Waals surface area contributed by atoms with Gasteiger partial charge in [-0.3, -0.25) is 4.79 Å². The van der Waals surface area contributed by atoms with Gasteiger partial charge in [0.15, 0.2) is 0 Å². The summed E-state index contributed by atoms with van der Waals surface area (Å²) in [6.07, 6.45) is 3.41. The molecule has 1 fully saturated rings. The van der Waals surface area contributed by atoms with Crippen LogP contribution in [0.3, 0.4) is 0 Å². The summed E-state index contributed by atoms with van der Waals surface area (Å²) in [7, 11) is 0. The molecule has 18 heavy (non-hydrogen) atoms. The van der Waals surface area contributed by atoms with Crippen LogP contribution in [0.5, 0.6) is 0 Å². The Kier molecular flexibility index (Phi) is 7.17. The van der Waals surface area contributed by atoms with E-state index >= 15 is 0 Å². The van der Waals surface area contributed by atoms with E-state index in [0.717, 1.165) is 32.4 Å². The van der Waals surface area contributed by atoms with Crippen molar-refractivity contribution in [2.75, 3.05) is 32.8 Å². The summed E-state index contributed by atoms with van der Waals surface area (Å²) >= 11 is 0. The number of unbranched alkanes of at least 4 members (excludes halogenated alkanes) is 2. The van der Waals surface area contributed by atoms with Crippen LogP contribution < -0.4 is 5.32 Å². The number of rotatable bonds is 6. The number of amides is 2. The smallest absolute Gasteiger partial charge is 0.317 e. The van der Waals surface area contributed by atoms with Gasteiger partial charge in [0.2, 0.25) is 0 Å². The minimum atomic E-state index is -0.761. The fraction of sp³-hybridized carbons (Fsp3) is 0.833. The van der Waals surface area contributed by atoms with Crippen molar-refractivity contribution in [3.8, 4) is 0 Å². The molecule has 0 aliphatic carbocycles. The maximum Gasteiger partial charge on any atom is 0.317 e. The largest absolute Gasteiger partial charge is 0.481 e. The number of nitrogens with zero attached hydrogens (tertiary/aromatic N) is 1. The monoisotopic (exact) mass is 258 g/mol. The molecule has 6 heteroatoms. The fourth-order valence-corrected chi connectivity index (χ4v) is 1.83. The van der Waals surface area contributed by atoms with Crippen LogP contribution >= 0.6 is 0 Å². The molecule has 0 aromatic rings. The molecule has 1 saturated heterocycles. The molecule has 1 heterocycles. The second-order valence-corrected chi connectivity index (χ2v) is 4.39. The highest BCUT2D eigenvalue weighted by atomic mass is 16.5. The standard InChI is InChI=1S/C12H22N2O4/c15-11(16)5-2-1-3-6-13-12(17)14-7-4-9-18-10-8-14/h1-10H2,(H,13,17)(H,15,16). The van der Waals surface area contributed by atoms with Gasteiger partial charge in [0.25, 0.3) is 0 Å². The third kappa shape index (κ3) is 6.44. The van der Waals surface area contributed by atoms with E-state index < -0.39 is 5.97 Å². The zero-order valence-electron chi connectivity index (χ0n) is 10.7. The average Bonchev–Trinajstić information content (AvgIpc) is 2.61. The lowest BCUT2D eigenvalue weighted by molar-refractivity contribution is -0.137. The first kappa shape index (κ1) is 14.8. The lowest BCUT2D eigenvalue weighted by Gasteiger charge is -2.20. The molecule has 2 N–H and O–H groups in total. The average molecular weight is 258 g/mol. The molecule has 0 radical (unpaired) electrons. The summed E-state index contributed by atoms with van der Waals surface area (Å²) in [5.74, 6) is -0.761. The van der Waals surface area contributed by atoms with Crippen LogP contribution in [0.1, 0.15) is 32.1 Å². The van der Waals surface area contributed by atoms with Crippen LogP contribution in [-0.2, 0) is 9.53 Å². The molecule has 0 saturated carbocycles. The SMILES string of the molecule is O=C(O)CCCCCNC(=O)N1CCCOCC1. The van der Waals surface area contributed by atoms with Crippen molar-refractivity contribution in [3.05, 3.63) is 0 Å². The van der Waals surface area contributed by atoms with Crippen LogP contribution in [0, 0.1) is 0 Å². The molecule has 6 nitrogen and oxygen atoms in total. The Bertz CT molecular complexity index is 263. The third-order valence-corrected chi connectivity index (χ3v) is 2.85. The number of carboxylic acids is 1. The minimum absolute atomic E-state index is 0.0428. The molecule has 0 spiro atoms. The Morgan fingerprint density at radius 3 is 2.78 bits per heavy atom. The van der Waals surface area contributed by atoms with Crippen LogP contribution in [0.2, 0.25) is 0 Å². The van der Waals surface area contributed by atoms with Crippen molar-refractivity contribution in [1.82, 2.24) is 10.2 Å². The number of carbonyl (C=O) groups is 2. The number of aliphatic carboxylic acids is 1. The topological polar surface area (TPSA) is 78.9 Å². The van der Waals surface area contributed by atoms with Crippen LogP contribution in [-0.4, -0.2) is 54.9 Å². The summed E-state index contributed by atoms with van der Waals surface area (Å²) in [4.78, 5) is 23.8. The Hall–Kier alpha value is -1.30. The van der Waals surface area contributed by atoms with E-state index in [2.05, 4.69) is 5.32 Å². The van der Waals surface area contributed by atoms with Crippen molar-refractivity contribution >= 4 is 12.0 Å². The number of carbonyl (C=O) groups excluding carboxylic acids is 1. The lowest BCUT2D eigenvalue weighted by Crippen LogP contribution is -2.41. The van der Waals surface area contributed by atoms with Gasteiger partial charge in [0.1, 0.15) is 0 Å². The first-order valence-electron chi connectivity index (χ1n) is 6.52. The zero-order chi connectivity index (χ0) is 13.2. The van der Waals surface area contributed by atoms with E-state index in [1.807, 2.05) is 0 Å². The molecule has 0 bridgehead atoms. The van der Waals surface area contributed by atoms with E-state index in [-0.39, 0.29) is 12.5 Å². The maximum atomic E-state index is 11.8. The van der Waals surface area contributed by atoms with E-state index in [1.165, 1.54) is 0 Å². The summed E-state index contributed by atoms with van der Waals surface area (Å²) in [6, 6.07) is -0.0428. The predicted molar refractivity (Wildman–Crippen MR) is 66.5 cm³/mol. The number of ether oxygens (including phenoxy) is 1. The molecule has 2 amide bonds. The third-order valence-electron chi connectivity index (χ3n) is 2.85. The van der Waals surface area contributed by atoms with Crippen LogP contribution in [0.15, 0.2) is 0 Å². The molecular weight excluding hydrogens is 236 g/mol. The Labute approximate surface area is 107 Å². The van der Waals surface area contributed by atoms with Crippen molar-refractivity contribution in [2.45, 2.75) is 32.1 Å². The highest BCUT2D eigenvalue weighted by molar-refractivity contribution is 5.74. The second kappa shape index (κ2) is 8.74. The normalized spacial score (nSPS) is 16.1. The maximum absolute atomic E-state index is 11.8. The molecule has 1 aliphatic rings. The number of hydrogen-bond acceptors (Lipinski definition) is 3. The summed E-state index contributed by atoms with van der Waals surface area (Å²) < 4.78 is 5.28. The van der Waals surface area contributed by atoms with Gasteiger partial charge in [0, 0.05) is 32.7 Å². The van der Waals surface area contributed by atoms with E-state index in [0.29, 0.717) is 26.1 Å². The molecule has 0 aromatic heterocycles. The molecule has 1 rings (SSSR count). The van der Waals surface area contributed by atoms with Crippen molar-refractivity contribution in [1.29, 1.82) is 0 Å². The minimum Gasteiger partial charge on any atom is -0.481 e. The summed E-state index contributed by atoms with van der Waals surface area (Å²) in [6.45, 7) is 3.32.